The molecule has 8 heteroatoms. The molecule has 1 saturated heterocycles. The third-order valence-corrected chi connectivity index (χ3v) is 3.51. The zero-order valence-electron chi connectivity index (χ0n) is 11.1. The van der Waals surface area contributed by atoms with E-state index >= 15 is 0 Å². The number of amides is 1. The molecule has 108 valence electrons. The quantitative estimate of drug-likeness (QED) is 0.852. The zero-order valence-corrected chi connectivity index (χ0v) is 11.1. The molecule has 1 aromatic heterocycles. The molecule has 1 aliphatic rings. The second-order valence-corrected chi connectivity index (χ2v) is 4.81. The first-order valence-electron chi connectivity index (χ1n) is 6.54. The van der Waals surface area contributed by atoms with Gasteiger partial charge in [-0.3, -0.25) is 4.79 Å². The molecule has 0 radical (unpaired) electrons. The molecule has 0 aliphatic carbocycles. The van der Waals surface area contributed by atoms with E-state index in [1.165, 1.54) is 4.90 Å². The van der Waals surface area contributed by atoms with Crippen LogP contribution in [0, 0.1) is 0 Å². The average molecular weight is 287 g/mol. The predicted molar refractivity (Wildman–Crippen MR) is 71.3 cm³/mol. The van der Waals surface area contributed by atoms with E-state index < -0.39 is 12.0 Å². The number of nitrogens with zero attached hydrogens (tertiary/aromatic N) is 4. The van der Waals surface area contributed by atoms with Gasteiger partial charge in [0.15, 0.2) is 0 Å². The lowest BCUT2D eigenvalue weighted by molar-refractivity contribution is -0.141. The van der Waals surface area contributed by atoms with Crippen molar-refractivity contribution in [2.24, 2.45) is 0 Å². The van der Waals surface area contributed by atoms with Crippen LogP contribution in [0.4, 0.5) is 0 Å². The molecular weight excluding hydrogens is 274 g/mol. The van der Waals surface area contributed by atoms with E-state index in [0.717, 1.165) is 0 Å². The summed E-state index contributed by atoms with van der Waals surface area (Å²) in [5.74, 6) is -0.860. The number of rotatable bonds is 3. The predicted octanol–water partition coefficient (Wildman–Crippen LogP) is 0.556. The second kappa shape index (κ2) is 5.31. The molecule has 1 amide bonds. The van der Waals surface area contributed by atoms with Crippen LogP contribution in [0.25, 0.3) is 11.4 Å². The number of carboxylic acids is 1. The van der Waals surface area contributed by atoms with Gasteiger partial charge in [0.2, 0.25) is 5.82 Å². The summed E-state index contributed by atoms with van der Waals surface area (Å²) in [5.41, 5.74) is 1.08. The monoisotopic (exact) mass is 287 g/mol. The molecule has 2 aromatic rings. The molecule has 0 unspecified atom stereocenters. The van der Waals surface area contributed by atoms with Crippen LogP contribution in [-0.2, 0) is 4.79 Å². The number of carboxylic acid groups (broad SMARTS) is 1. The van der Waals surface area contributed by atoms with Crippen molar-refractivity contribution in [3.63, 3.8) is 0 Å². The summed E-state index contributed by atoms with van der Waals surface area (Å²) in [6, 6.07) is 6.03. The van der Waals surface area contributed by atoms with Crippen LogP contribution < -0.4 is 0 Å². The molecule has 0 saturated carbocycles. The highest BCUT2D eigenvalue weighted by atomic mass is 16.4. The summed E-state index contributed by atoms with van der Waals surface area (Å²) in [5, 5.41) is 22.7. The smallest absolute Gasteiger partial charge is 0.326 e. The molecular formula is C13H13N5O3. The Kier molecular flexibility index (Phi) is 3.35. The molecule has 0 bridgehead atoms. The van der Waals surface area contributed by atoms with Crippen LogP contribution in [0.15, 0.2) is 24.3 Å². The number of H-pyrrole nitrogens is 1. The summed E-state index contributed by atoms with van der Waals surface area (Å²) in [6.45, 7) is 0.461. The summed E-state index contributed by atoms with van der Waals surface area (Å²) >= 11 is 0. The third kappa shape index (κ3) is 2.47. The Morgan fingerprint density at radius 2 is 2.24 bits per heavy atom. The average Bonchev–Trinajstić information content (AvgIpc) is 3.17. The van der Waals surface area contributed by atoms with Crippen molar-refractivity contribution in [1.29, 1.82) is 0 Å². The first-order valence-corrected chi connectivity index (χ1v) is 6.54. The largest absolute Gasteiger partial charge is 0.480 e. The van der Waals surface area contributed by atoms with Crippen LogP contribution in [-0.4, -0.2) is 55.1 Å². The number of nitrogens with one attached hydrogen (secondary N) is 1. The van der Waals surface area contributed by atoms with Gasteiger partial charge in [0.25, 0.3) is 5.91 Å². The maximum atomic E-state index is 12.5. The number of aromatic amines is 1. The van der Waals surface area contributed by atoms with E-state index in [1.54, 1.807) is 24.3 Å². The van der Waals surface area contributed by atoms with E-state index in [4.69, 9.17) is 5.11 Å². The van der Waals surface area contributed by atoms with Gasteiger partial charge in [0.05, 0.1) is 0 Å². The highest BCUT2D eigenvalue weighted by molar-refractivity contribution is 5.97. The Morgan fingerprint density at radius 3 is 2.95 bits per heavy atom. The normalized spacial score (nSPS) is 17.9. The van der Waals surface area contributed by atoms with Gasteiger partial charge in [0.1, 0.15) is 6.04 Å². The Balaban J connectivity index is 1.88. The SMILES string of the molecule is O=C(O)[C@@H]1CCCN1C(=O)c1cccc(-c2nn[nH]n2)c1. The van der Waals surface area contributed by atoms with Crippen molar-refractivity contribution >= 4 is 11.9 Å². The van der Waals surface area contributed by atoms with Gasteiger partial charge >= 0.3 is 5.97 Å². The minimum Gasteiger partial charge on any atom is -0.480 e. The van der Waals surface area contributed by atoms with Crippen molar-refractivity contribution in [3.8, 4) is 11.4 Å². The fraction of sp³-hybridized carbons (Fsp3) is 0.308. The molecule has 0 spiro atoms. The standard InChI is InChI=1S/C13H13N5O3/c19-12(18-6-2-5-10(18)13(20)21)9-4-1-3-8(7-9)11-14-16-17-15-11/h1,3-4,7,10H,2,5-6H2,(H,20,21)(H,14,15,16,17)/t10-/m0/s1. The van der Waals surface area contributed by atoms with E-state index in [2.05, 4.69) is 20.6 Å². The Labute approximate surface area is 119 Å². The first kappa shape index (κ1) is 13.2. The van der Waals surface area contributed by atoms with Crippen LogP contribution in [0.3, 0.4) is 0 Å². The van der Waals surface area contributed by atoms with Crippen LogP contribution >= 0.6 is 0 Å². The second-order valence-electron chi connectivity index (χ2n) is 4.81. The number of tetrazole rings is 1. The third-order valence-electron chi connectivity index (χ3n) is 3.51. The number of aliphatic carboxylic acids is 1. The van der Waals surface area contributed by atoms with E-state index in [0.29, 0.717) is 36.3 Å². The molecule has 1 aromatic carbocycles. The molecule has 1 fully saturated rings. The minimum atomic E-state index is -0.963. The topological polar surface area (TPSA) is 112 Å². The number of likely N-dealkylation sites (tertiary alicyclic amines) is 1. The fourth-order valence-corrected chi connectivity index (χ4v) is 2.51. The lowest BCUT2D eigenvalue weighted by atomic mass is 10.1. The molecule has 2 heterocycles. The number of carbonyl (C=O) groups excluding carboxylic acids is 1. The molecule has 3 rings (SSSR count). The number of aromatic nitrogens is 4. The molecule has 8 nitrogen and oxygen atoms in total. The number of hydrogen-bond donors (Lipinski definition) is 2. The zero-order chi connectivity index (χ0) is 14.8. The van der Waals surface area contributed by atoms with E-state index in [-0.39, 0.29) is 5.91 Å². The lowest BCUT2D eigenvalue weighted by Crippen LogP contribution is -2.40. The summed E-state index contributed by atoms with van der Waals surface area (Å²) < 4.78 is 0. The summed E-state index contributed by atoms with van der Waals surface area (Å²) in [7, 11) is 0. The van der Waals surface area contributed by atoms with Gasteiger partial charge in [0, 0.05) is 17.7 Å². The van der Waals surface area contributed by atoms with Crippen molar-refractivity contribution in [2.45, 2.75) is 18.9 Å². The van der Waals surface area contributed by atoms with Gasteiger partial charge < -0.3 is 10.0 Å². The van der Waals surface area contributed by atoms with Crippen molar-refractivity contribution in [3.05, 3.63) is 29.8 Å². The number of benzene rings is 1. The number of hydrogen-bond acceptors (Lipinski definition) is 5. The lowest BCUT2D eigenvalue weighted by Gasteiger charge is -2.21. The molecule has 2 N–H and O–H groups in total. The maximum absolute atomic E-state index is 12.5. The number of carbonyl (C=O) groups is 2. The Morgan fingerprint density at radius 1 is 1.38 bits per heavy atom. The Hall–Kier alpha value is -2.77. The van der Waals surface area contributed by atoms with E-state index in [9.17, 15) is 9.59 Å². The van der Waals surface area contributed by atoms with Gasteiger partial charge in [-0.05, 0) is 30.2 Å². The highest BCUT2D eigenvalue weighted by Gasteiger charge is 2.34. The summed E-state index contributed by atoms with van der Waals surface area (Å²) in [6.07, 6.45) is 1.19. The van der Waals surface area contributed by atoms with Crippen molar-refractivity contribution in [2.75, 3.05) is 6.54 Å². The highest BCUT2D eigenvalue weighted by Crippen LogP contribution is 2.22. The minimum absolute atomic E-state index is 0.287. The van der Waals surface area contributed by atoms with Crippen LogP contribution in [0.1, 0.15) is 23.2 Å². The molecule has 21 heavy (non-hydrogen) atoms. The molecule has 1 aliphatic heterocycles. The van der Waals surface area contributed by atoms with Crippen LogP contribution in [0.2, 0.25) is 0 Å². The van der Waals surface area contributed by atoms with Gasteiger partial charge in [-0.25, -0.2) is 4.79 Å². The van der Waals surface area contributed by atoms with E-state index in [1.807, 2.05) is 0 Å². The van der Waals surface area contributed by atoms with Crippen LogP contribution in [0.5, 0.6) is 0 Å². The molecule has 1 atom stereocenters. The summed E-state index contributed by atoms with van der Waals surface area (Å²) in [4.78, 5) is 25.1. The van der Waals surface area contributed by atoms with Gasteiger partial charge in [-0.1, -0.05) is 12.1 Å². The van der Waals surface area contributed by atoms with Gasteiger partial charge in [-0.15, -0.1) is 10.2 Å². The first-order chi connectivity index (χ1) is 10.2. The van der Waals surface area contributed by atoms with Crippen molar-refractivity contribution in [1.82, 2.24) is 25.5 Å². The van der Waals surface area contributed by atoms with Crippen molar-refractivity contribution < 1.29 is 14.7 Å². The van der Waals surface area contributed by atoms with Gasteiger partial charge in [-0.2, -0.15) is 5.21 Å². The fourth-order valence-electron chi connectivity index (χ4n) is 2.51. The Bertz CT molecular complexity index is 670. The maximum Gasteiger partial charge on any atom is 0.326 e.